The van der Waals surface area contributed by atoms with E-state index in [4.69, 9.17) is 10.0 Å². The van der Waals surface area contributed by atoms with Crippen LogP contribution < -0.4 is 0 Å². The van der Waals surface area contributed by atoms with E-state index in [1.807, 2.05) is 13.8 Å². The molecule has 0 aromatic heterocycles. The predicted octanol–water partition coefficient (Wildman–Crippen LogP) is 1.99. The van der Waals surface area contributed by atoms with E-state index < -0.39 is 0 Å². The van der Waals surface area contributed by atoms with Crippen LogP contribution in [0.3, 0.4) is 0 Å². The van der Waals surface area contributed by atoms with Gasteiger partial charge >= 0.3 is 0 Å². The predicted molar refractivity (Wildman–Crippen MR) is 44.2 cm³/mol. The highest BCUT2D eigenvalue weighted by Gasteiger charge is 1.98. The van der Waals surface area contributed by atoms with Gasteiger partial charge in [0.15, 0.2) is 0 Å². The highest BCUT2D eigenvalue weighted by Crippen LogP contribution is 1.97. The second kappa shape index (κ2) is 6.34. The van der Waals surface area contributed by atoms with Crippen LogP contribution in [0.2, 0.25) is 0 Å². The molecule has 0 fully saturated rings. The van der Waals surface area contributed by atoms with Crippen molar-refractivity contribution in [3.05, 3.63) is 12.2 Å². The molecule has 0 saturated heterocycles. The van der Waals surface area contributed by atoms with Crippen LogP contribution in [0, 0.1) is 0 Å². The molecule has 66 valence electrons. The molecule has 0 radical (unpaired) electrons. The molecule has 0 aliphatic rings. The van der Waals surface area contributed by atoms with E-state index in [0.717, 1.165) is 23.6 Å². The van der Waals surface area contributed by atoms with Crippen molar-refractivity contribution in [3.63, 3.8) is 0 Å². The van der Waals surface area contributed by atoms with Crippen molar-refractivity contribution < 1.29 is 10.0 Å². The van der Waals surface area contributed by atoms with Gasteiger partial charge in [-0.15, -0.1) is 6.58 Å². The first-order valence-electron chi connectivity index (χ1n) is 3.90. The quantitative estimate of drug-likeness (QED) is 0.475. The van der Waals surface area contributed by atoms with E-state index in [2.05, 4.69) is 6.58 Å². The molecule has 0 bridgehead atoms. The van der Waals surface area contributed by atoms with E-state index in [-0.39, 0.29) is 0 Å². The van der Waals surface area contributed by atoms with Gasteiger partial charge in [0, 0.05) is 0 Å². The lowest BCUT2D eigenvalue weighted by molar-refractivity contribution is -0.339. The summed E-state index contributed by atoms with van der Waals surface area (Å²) < 4.78 is 0. The largest absolute Gasteiger partial charge is 0.290 e. The molecule has 0 saturated carbocycles. The number of hydrogen-bond acceptors (Lipinski definition) is 3. The maximum Gasteiger partial charge on any atom is 0.0709 e. The van der Waals surface area contributed by atoms with Gasteiger partial charge in [0.1, 0.15) is 0 Å². The maximum atomic E-state index is 9.00. The van der Waals surface area contributed by atoms with Crippen LogP contribution in [-0.2, 0) is 4.84 Å². The van der Waals surface area contributed by atoms with Gasteiger partial charge in [-0.3, -0.25) is 10.0 Å². The summed E-state index contributed by atoms with van der Waals surface area (Å²) in [5, 5.41) is 9.87. The zero-order chi connectivity index (χ0) is 8.69. The van der Waals surface area contributed by atoms with Gasteiger partial charge in [-0.1, -0.05) is 17.7 Å². The number of rotatable bonds is 6. The summed E-state index contributed by atoms with van der Waals surface area (Å²) in [6, 6.07) is 0. The third-order valence-electron chi connectivity index (χ3n) is 1.17. The Bertz CT molecular complexity index is 115. The summed E-state index contributed by atoms with van der Waals surface area (Å²) >= 11 is 0. The van der Waals surface area contributed by atoms with Crippen molar-refractivity contribution in [3.8, 4) is 0 Å². The lowest BCUT2D eigenvalue weighted by Gasteiger charge is -2.13. The molecule has 3 heteroatoms. The first-order chi connectivity index (χ1) is 5.16. The van der Waals surface area contributed by atoms with Gasteiger partial charge in [-0.05, 0) is 19.8 Å². The molecule has 3 nitrogen and oxygen atoms in total. The Kier molecular flexibility index (Phi) is 6.12. The van der Waals surface area contributed by atoms with E-state index in [0.29, 0.717) is 13.2 Å². The molecule has 11 heavy (non-hydrogen) atoms. The Morgan fingerprint density at radius 3 is 2.73 bits per heavy atom. The lowest BCUT2D eigenvalue weighted by atomic mass is 10.2. The molecule has 0 aromatic rings. The average Bonchev–Trinajstić information content (AvgIpc) is 1.97. The minimum absolute atomic E-state index is 0.495. The van der Waals surface area contributed by atoms with Gasteiger partial charge in [-0.2, -0.15) is 0 Å². The molecule has 1 N–H and O–H groups in total. The van der Waals surface area contributed by atoms with Crippen molar-refractivity contribution in [2.24, 2.45) is 0 Å². The maximum absolute atomic E-state index is 9.00. The van der Waals surface area contributed by atoms with Crippen LogP contribution in [0.4, 0.5) is 0 Å². The van der Waals surface area contributed by atoms with E-state index in [9.17, 15) is 0 Å². The van der Waals surface area contributed by atoms with Gasteiger partial charge in [-0.25, -0.2) is 0 Å². The lowest BCUT2D eigenvalue weighted by Crippen LogP contribution is -2.21. The number of hydrogen-bond donors (Lipinski definition) is 1. The zero-order valence-corrected chi connectivity index (χ0v) is 7.34. The summed E-state index contributed by atoms with van der Waals surface area (Å²) in [6.45, 7) is 8.69. The Morgan fingerprint density at radius 1 is 1.64 bits per heavy atom. The minimum Gasteiger partial charge on any atom is -0.290 e. The fraction of sp³-hybridized carbons (Fsp3) is 0.750. The normalized spacial score (nSPS) is 10.5. The Hall–Kier alpha value is -0.380. The van der Waals surface area contributed by atoms with Crippen LogP contribution in [0.5, 0.6) is 0 Å². The summed E-state index contributed by atoms with van der Waals surface area (Å²) in [5.74, 6) is 0. The molecular weight excluding hydrogens is 142 g/mol. The molecule has 0 aliphatic heterocycles. The molecule has 0 rings (SSSR count). The summed E-state index contributed by atoms with van der Waals surface area (Å²) in [6.07, 6.45) is 1.67. The second-order valence-corrected chi connectivity index (χ2v) is 2.62. The fourth-order valence-corrected chi connectivity index (χ4v) is 0.548. The molecule has 0 atom stereocenters. The van der Waals surface area contributed by atoms with Gasteiger partial charge in [0.2, 0.25) is 0 Å². The van der Waals surface area contributed by atoms with E-state index in [1.54, 1.807) is 0 Å². The second-order valence-electron chi connectivity index (χ2n) is 2.62. The Balaban J connectivity index is 3.22. The minimum atomic E-state index is 0.495. The molecule has 0 heterocycles. The number of hydroxylamine groups is 2. The SMILES string of the molecule is C=C(C)CCN(O)OCCC. The summed E-state index contributed by atoms with van der Waals surface area (Å²) in [7, 11) is 0. The molecule has 0 amide bonds. The topological polar surface area (TPSA) is 32.7 Å². The third kappa shape index (κ3) is 7.52. The van der Waals surface area contributed by atoms with Crippen LogP contribution >= 0.6 is 0 Å². The molecular formula is C8H17NO2. The van der Waals surface area contributed by atoms with Crippen LogP contribution in [0.15, 0.2) is 12.2 Å². The molecule has 0 aromatic carbocycles. The van der Waals surface area contributed by atoms with Crippen molar-refractivity contribution in [1.29, 1.82) is 0 Å². The zero-order valence-electron chi connectivity index (χ0n) is 7.34. The highest BCUT2D eigenvalue weighted by atomic mass is 16.9. The van der Waals surface area contributed by atoms with E-state index in [1.165, 1.54) is 0 Å². The van der Waals surface area contributed by atoms with Crippen molar-refractivity contribution in [1.82, 2.24) is 5.23 Å². The third-order valence-corrected chi connectivity index (χ3v) is 1.17. The van der Waals surface area contributed by atoms with Gasteiger partial charge in [0.05, 0.1) is 13.2 Å². The Labute approximate surface area is 68.2 Å². The summed E-state index contributed by atoms with van der Waals surface area (Å²) in [4.78, 5) is 4.89. The highest BCUT2D eigenvalue weighted by molar-refractivity contribution is 4.87. The monoisotopic (exact) mass is 159 g/mol. The molecule has 0 aliphatic carbocycles. The van der Waals surface area contributed by atoms with E-state index >= 15 is 0 Å². The van der Waals surface area contributed by atoms with Crippen molar-refractivity contribution >= 4 is 0 Å². The molecule has 0 spiro atoms. The van der Waals surface area contributed by atoms with Crippen molar-refractivity contribution in [2.45, 2.75) is 26.7 Å². The van der Waals surface area contributed by atoms with Crippen molar-refractivity contribution in [2.75, 3.05) is 13.2 Å². The fourth-order valence-electron chi connectivity index (χ4n) is 0.548. The van der Waals surface area contributed by atoms with Crippen LogP contribution in [0.25, 0.3) is 0 Å². The number of nitrogens with zero attached hydrogens (tertiary/aromatic N) is 1. The van der Waals surface area contributed by atoms with Gasteiger partial charge < -0.3 is 0 Å². The van der Waals surface area contributed by atoms with Gasteiger partial charge in [0.25, 0.3) is 0 Å². The Morgan fingerprint density at radius 2 is 2.27 bits per heavy atom. The first-order valence-corrected chi connectivity index (χ1v) is 3.90. The average molecular weight is 159 g/mol. The standard InChI is InChI=1S/C8H17NO2/c1-4-7-11-9(10)6-5-8(2)3/h10H,2,4-7H2,1,3H3. The summed E-state index contributed by atoms with van der Waals surface area (Å²) in [5.41, 5.74) is 1.05. The van der Waals surface area contributed by atoms with Crippen LogP contribution in [0.1, 0.15) is 26.7 Å². The smallest absolute Gasteiger partial charge is 0.0709 e. The molecule has 0 unspecified atom stereocenters. The van der Waals surface area contributed by atoms with Crippen LogP contribution in [-0.4, -0.2) is 23.6 Å². The first kappa shape index (κ1) is 10.6.